The Morgan fingerprint density at radius 3 is 2.37 bits per heavy atom. The van der Waals surface area contributed by atoms with Crippen LogP contribution in [0.15, 0.2) is 60.8 Å². The third-order valence-corrected chi connectivity index (χ3v) is 10.4. The molecule has 250 valence electrons. The predicted octanol–water partition coefficient (Wildman–Crippen LogP) is 2.18. The van der Waals surface area contributed by atoms with Crippen LogP contribution in [0.2, 0.25) is 0 Å². The molecule has 1 amide bonds. The molecular formula is C35H45NO10. The monoisotopic (exact) mass is 639 g/mol. The lowest BCUT2D eigenvalue weighted by molar-refractivity contribution is -0.332. The van der Waals surface area contributed by atoms with Gasteiger partial charge in [-0.3, -0.25) is 9.59 Å². The first-order valence-corrected chi connectivity index (χ1v) is 16.5. The van der Waals surface area contributed by atoms with Crippen LogP contribution in [0.5, 0.6) is 0 Å². The van der Waals surface area contributed by atoms with Gasteiger partial charge >= 0.3 is 0 Å². The maximum Gasteiger partial charge on any atom is 0.216 e. The number of carbonyl (C=O) groups is 2. The Balaban J connectivity index is 1.03. The Labute approximate surface area is 269 Å². The van der Waals surface area contributed by atoms with Gasteiger partial charge in [-0.2, -0.15) is 0 Å². The van der Waals surface area contributed by atoms with Gasteiger partial charge in [0.25, 0.3) is 0 Å². The quantitative estimate of drug-likeness (QED) is 0.200. The van der Waals surface area contributed by atoms with Crippen molar-refractivity contribution in [2.24, 2.45) is 0 Å². The number of amides is 1. The first-order valence-electron chi connectivity index (χ1n) is 16.5. The van der Waals surface area contributed by atoms with Gasteiger partial charge < -0.3 is 43.6 Å². The lowest BCUT2D eigenvalue weighted by Gasteiger charge is -2.58. The van der Waals surface area contributed by atoms with Crippen molar-refractivity contribution >= 4 is 12.2 Å². The maximum absolute atomic E-state index is 11.5. The van der Waals surface area contributed by atoms with E-state index >= 15 is 0 Å². The number of hydrogen-bond acceptors (Lipinski definition) is 10. The minimum atomic E-state index is -0.735. The molecule has 0 saturated carbocycles. The summed E-state index contributed by atoms with van der Waals surface area (Å²) in [4.78, 5) is 22.0. The number of allylic oxidation sites excluding steroid dienone is 3. The number of aldehydes is 1. The van der Waals surface area contributed by atoms with Crippen LogP contribution >= 0.6 is 0 Å². The number of hydrogen-bond donors (Lipinski definition) is 2. The fraction of sp³-hybridized carbons (Fsp3) is 0.657. The van der Waals surface area contributed by atoms with Crippen LogP contribution in [-0.2, 0) is 42.7 Å². The molecule has 2 N–H and O–H groups in total. The van der Waals surface area contributed by atoms with Crippen molar-refractivity contribution in [3.63, 3.8) is 0 Å². The van der Waals surface area contributed by atoms with Crippen molar-refractivity contribution in [3.05, 3.63) is 60.8 Å². The number of rotatable bonds is 5. The summed E-state index contributed by atoms with van der Waals surface area (Å²) in [6, 6.07) is 0. The van der Waals surface area contributed by atoms with Gasteiger partial charge in [-0.1, -0.05) is 54.7 Å². The Hall–Kier alpha value is -2.48. The lowest BCUT2D eigenvalue weighted by atomic mass is 9.75. The van der Waals surface area contributed by atoms with E-state index < -0.39 is 23.4 Å². The second-order valence-corrected chi connectivity index (χ2v) is 13.9. The van der Waals surface area contributed by atoms with E-state index in [9.17, 15) is 14.7 Å². The summed E-state index contributed by atoms with van der Waals surface area (Å²) in [5.74, 6) is -0.158. The molecule has 0 unspecified atom stereocenters. The second kappa shape index (κ2) is 12.9. The highest BCUT2D eigenvalue weighted by molar-refractivity contribution is 5.72. The number of ether oxygens (including phenoxy) is 7. The van der Waals surface area contributed by atoms with Gasteiger partial charge in [0.2, 0.25) is 5.91 Å². The summed E-state index contributed by atoms with van der Waals surface area (Å²) < 4.78 is 46.1. The Morgan fingerprint density at radius 1 is 0.783 bits per heavy atom. The van der Waals surface area contributed by atoms with E-state index in [1.165, 1.54) is 13.0 Å². The number of fused-ring (bicyclic) bond motifs is 6. The molecule has 7 rings (SSSR count). The fourth-order valence-corrected chi connectivity index (χ4v) is 7.95. The number of carbonyl (C=O) groups excluding carboxylic acids is 2. The van der Waals surface area contributed by atoms with E-state index in [-0.39, 0.29) is 79.6 Å². The maximum atomic E-state index is 11.5. The van der Waals surface area contributed by atoms with Gasteiger partial charge in [0.05, 0.1) is 53.9 Å². The molecule has 15 atom stereocenters. The minimum absolute atomic E-state index is 0.158. The summed E-state index contributed by atoms with van der Waals surface area (Å²) >= 11 is 0. The number of nitrogens with one attached hydrogen (secondary N) is 1. The van der Waals surface area contributed by atoms with Crippen molar-refractivity contribution in [3.8, 4) is 0 Å². The summed E-state index contributed by atoms with van der Waals surface area (Å²) in [6.07, 6.45) is 18.0. The van der Waals surface area contributed by atoms with Gasteiger partial charge in [0.1, 0.15) is 42.9 Å². The summed E-state index contributed by atoms with van der Waals surface area (Å²) in [5, 5.41) is 13.5. The first-order chi connectivity index (χ1) is 22.1. The predicted molar refractivity (Wildman–Crippen MR) is 165 cm³/mol. The molecule has 11 heteroatoms. The Bertz CT molecular complexity index is 1310. The molecule has 0 aromatic carbocycles. The van der Waals surface area contributed by atoms with Crippen LogP contribution in [0.1, 0.15) is 46.5 Å². The largest absolute Gasteiger partial charge is 0.390 e. The van der Waals surface area contributed by atoms with Crippen molar-refractivity contribution in [2.75, 3.05) is 6.54 Å². The molecule has 7 heterocycles. The molecule has 0 bridgehead atoms. The summed E-state index contributed by atoms with van der Waals surface area (Å²) in [7, 11) is 0. The normalized spacial score (nSPS) is 49.4. The van der Waals surface area contributed by atoms with Crippen LogP contribution in [0, 0.1) is 0 Å². The van der Waals surface area contributed by atoms with Crippen LogP contribution in [0.25, 0.3) is 0 Å². The van der Waals surface area contributed by atoms with Crippen molar-refractivity contribution in [1.29, 1.82) is 0 Å². The van der Waals surface area contributed by atoms with E-state index in [4.69, 9.17) is 33.2 Å². The average Bonchev–Trinajstić information content (AvgIpc) is 3.27. The molecule has 7 aliphatic heterocycles. The third-order valence-electron chi connectivity index (χ3n) is 10.4. The van der Waals surface area contributed by atoms with Crippen molar-refractivity contribution in [2.45, 2.75) is 137 Å². The second-order valence-electron chi connectivity index (χ2n) is 13.9. The van der Waals surface area contributed by atoms with Crippen LogP contribution in [0.3, 0.4) is 0 Å². The van der Waals surface area contributed by atoms with E-state index in [1.54, 1.807) is 12.2 Å². The molecule has 0 spiro atoms. The van der Waals surface area contributed by atoms with Gasteiger partial charge in [-0.05, 0) is 19.9 Å². The van der Waals surface area contributed by atoms with E-state index in [0.29, 0.717) is 25.7 Å². The molecular weight excluding hydrogens is 594 g/mol. The molecule has 0 radical (unpaired) electrons. The highest BCUT2D eigenvalue weighted by atomic mass is 16.6. The van der Waals surface area contributed by atoms with Crippen molar-refractivity contribution in [1.82, 2.24) is 5.32 Å². The van der Waals surface area contributed by atoms with E-state index in [2.05, 4.69) is 31.3 Å². The molecule has 4 fully saturated rings. The first kappa shape index (κ1) is 32.1. The number of aliphatic hydroxyl groups excluding tert-OH is 1. The molecule has 0 aliphatic carbocycles. The highest BCUT2D eigenvalue weighted by Crippen LogP contribution is 2.49. The van der Waals surface area contributed by atoms with E-state index in [0.717, 1.165) is 6.29 Å². The average molecular weight is 640 g/mol. The minimum Gasteiger partial charge on any atom is -0.390 e. The molecule has 11 nitrogen and oxygen atoms in total. The van der Waals surface area contributed by atoms with Gasteiger partial charge in [-0.25, -0.2) is 0 Å². The smallest absolute Gasteiger partial charge is 0.216 e. The zero-order valence-electron chi connectivity index (χ0n) is 26.5. The van der Waals surface area contributed by atoms with Crippen molar-refractivity contribution < 1.29 is 47.9 Å². The molecule has 0 aromatic rings. The molecule has 46 heavy (non-hydrogen) atoms. The third kappa shape index (κ3) is 6.36. The molecule has 4 saturated heterocycles. The highest BCUT2D eigenvalue weighted by Gasteiger charge is 2.60. The zero-order valence-corrected chi connectivity index (χ0v) is 26.5. The SMILES string of the molecule is CC(=O)NC[C@@H]1O[C@@H]2C[C@]3(C)O[C@@H]4C=C[C@@H]5O[C@@H]6C=C[C@@H]7O[C@H](C=CC=CC=O)C=C[C@H]7O[C@H]6C[C@H]5O[C@@]4(C)C[C@H]3O[C@H]2C[C@H]1O. The lowest BCUT2D eigenvalue weighted by Crippen LogP contribution is -2.68. The molecule has 0 aromatic heterocycles. The van der Waals surface area contributed by atoms with Crippen LogP contribution in [0.4, 0.5) is 0 Å². The Kier molecular flexibility index (Phi) is 8.96. The topological polar surface area (TPSA) is 131 Å². The van der Waals surface area contributed by atoms with Gasteiger partial charge in [0.15, 0.2) is 0 Å². The van der Waals surface area contributed by atoms with Gasteiger partial charge in [-0.15, -0.1) is 0 Å². The Morgan fingerprint density at radius 2 is 1.54 bits per heavy atom. The zero-order chi connectivity index (χ0) is 32.1. The van der Waals surface area contributed by atoms with Crippen LogP contribution < -0.4 is 5.32 Å². The van der Waals surface area contributed by atoms with E-state index in [1.807, 2.05) is 30.4 Å². The standard InChI is InChI=1S/C35H45NO10/c1-20(38)36-19-31-22(39)15-27-30(43-31)17-34(2)33(44-27)18-35(3)32(46-34)13-12-26-29(45-35)16-28-25(41-26)11-10-23-24(42-28)9-8-21(40-23)7-5-4-6-14-37/h4-14,21-33,39H,15-19H2,1-3H3,(H,36,38)/t21-,22-,23+,24-,25-,26+,27+,28+,29-,30-,31+,32-,33-,34+,35+/m1/s1. The fourth-order valence-electron chi connectivity index (χ4n) is 7.95. The van der Waals surface area contributed by atoms with Crippen LogP contribution in [-0.4, -0.2) is 114 Å². The molecule has 7 aliphatic rings. The summed E-state index contributed by atoms with van der Waals surface area (Å²) in [5.41, 5.74) is -1.28. The summed E-state index contributed by atoms with van der Waals surface area (Å²) in [6.45, 7) is 5.86. The number of aliphatic hydroxyl groups is 1. The van der Waals surface area contributed by atoms with Gasteiger partial charge in [0, 0.05) is 39.2 Å².